The molecule has 6 aromatic rings. The summed E-state index contributed by atoms with van der Waals surface area (Å²) in [5.74, 6) is -2.59. The zero-order chi connectivity index (χ0) is 48.0. The van der Waals surface area contributed by atoms with Gasteiger partial charge in [-0.2, -0.15) is 5.26 Å². The van der Waals surface area contributed by atoms with Gasteiger partial charge in [0.05, 0.1) is 24.2 Å². The molecular weight excluding hydrogens is 865 g/mol. The van der Waals surface area contributed by atoms with E-state index in [9.17, 15) is 28.7 Å². The largest absolute Gasteiger partial charge is 0.508 e. The molecule has 14 heteroatoms. The van der Waals surface area contributed by atoms with E-state index < -0.39 is 5.92 Å². The molecule has 12 nitrogen and oxygen atoms in total. The Morgan fingerprint density at radius 2 is 1.60 bits per heavy atom. The van der Waals surface area contributed by atoms with Crippen molar-refractivity contribution in [1.82, 2.24) is 23.8 Å². The van der Waals surface area contributed by atoms with Gasteiger partial charge in [-0.05, 0) is 116 Å². The number of halogens is 2. The zero-order valence-electron chi connectivity index (χ0n) is 39.0. The van der Waals surface area contributed by atoms with Gasteiger partial charge in [0.2, 0.25) is 5.91 Å². The van der Waals surface area contributed by atoms with E-state index in [0.29, 0.717) is 102 Å². The molecule has 68 heavy (non-hydrogen) atoms. The van der Waals surface area contributed by atoms with Crippen LogP contribution in [0.5, 0.6) is 11.5 Å². The molecule has 0 radical (unpaired) electrons. The van der Waals surface area contributed by atoms with Crippen LogP contribution in [0.25, 0.3) is 22.4 Å². The molecular formula is C54H55F2N7O5. The molecule has 350 valence electrons. The quantitative estimate of drug-likeness (QED) is 0.124. The molecule has 0 unspecified atom stereocenters. The summed E-state index contributed by atoms with van der Waals surface area (Å²) in [5.41, 5.74) is 10.6. The summed E-state index contributed by atoms with van der Waals surface area (Å²) in [5, 5.41) is 23.2. The van der Waals surface area contributed by atoms with Crippen LogP contribution in [0.3, 0.4) is 0 Å². The van der Waals surface area contributed by atoms with Crippen molar-refractivity contribution < 1.29 is 33.0 Å². The number of benzene rings is 4. The van der Waals surface area contributed by atoms with Crippen molar-refractivity contribution in [1.29, 1.82) is 5.26 Å². The van der Waals surface area contributed by atoms with Crippen molar-refractivity contribution >= 4 is 23.4 Å². The fourth-order valence-corrected chi connectivity index (χ4v) is 10.0. The molecule has 1 saturated heterocycles. The molecule has 3 aliphatic heterocycles. The lowest BCUT2D eigenvalue weighted by Gasteiger charge is -2.36. The highest BCUT2D eigenvalue weighted by molar-refractivity contribution is 6.14. The smallest absolute Gasteiger partial charge is 0.261 e. The number of hydrogen-bond donors (Lipinski definition) is 2. The van der Waals surface area contributed by atoms with Crippen molar-refractivity contribution in [3.63, 3.8) is 0 Å². The number of anilines is 1. The predicted octanol–water partition coefficient (Wildman–Crippen LogP) is 8.58. The van der Waals surface area contributed by atoms with E-state index in [2.05, 4.69) is 36.5 Å². The van der Waals surface area contributed by atoms with E-state index in [1.165, 1.54) is 17.7 Å². The predicted molar refractivity (Wildman–Crippen MR) is 256 cm³/mol. The lowest BCUT2D eigenvalue weighted by atomic mass is 9.87. The minimum atomic E-state index is -2.65. The van der Waals surface area contributed by atoms with Gasteiger partial charge >= 0.3 is 0 Å². The number of nitrogens with one attached hydrogen (secondary N) is 1. The summed E-state index contributed by atoms with van der Waals surface area (Å²) in [7, 11) is 3.70. The average Bonchev–Trinajstić information content (AvgIpc) is 3.92. The van der Waals surface area contributed by atoms with Crippen LogP contribution < -0.4 is 10.1 Å². The summed E-state index contributed by atoms with van der Waals surface area (Å²) in [4.78, 5) is 49.5. The number of rotatable bonds is 11. The van der Waals surface area contributed by atoms with Crippen LogP contribution in [0.1, 0.15) is 79.0 Å². The van der Waals surface area contributed by atoms with Crippen LogP contribution in [0.15, 0.2) is 91.0 Å². The number of nitrogens with zero attached hydrogens (tertiary/aromatic N) is 6. The topological polar surface area (TPSA) is 136 Å². The number of alkyl halides is 2. The van der Waals surface area contributed by atoms with Crippen LogP contribution in [0, 0.1) is 25.2 Å². The fourth-order valence-electron chi connectivity index (χ4n) is 10.0. The number of fused-ring (bicyclic) bond motifs is 2. The monoisotopic (exact) mass is 919 g/mol. The van der Waals surface area contributed by atoms with Crippen LogP contribution >= 0.6 is 0 Å². The molecule has 0 spiro atoms. The number of ether oxygens (including phenoxy) is 1. The number of likely N-dealkylation sites (tertiary alicyclic amines) is 1. The highest BCUT2D eigenvalue weighted by Crippen LogP contribution is 2.44. The third kappa shape index (κ3) is 8.98. The average molecular weight is 920 g/mol. The van der Waals surface area contributed by atoms with Crippen molar-refractivity contribution in [3.8, 4) is 40.0 Å². The molecule has 2 aromatic heterocycles. The number of phenols is 1. The van der Waals surface area contributed by atoms with E-state index in [1.54, 1.807) is 39.8 Å². The Labute approximate surface area is 395 Å². The highest BCUT2D eigenvalue weighted by Gasteiger charge is 2.38. The molecule has 4 aromatic carbocycles. The second-order valence-corrected chi connectivity index (χ2v) is 18.5. The van der Waals surface area contributed by atoms with Gasteiger partial charge in [-0.15, -0.1) is 0 Å². The maximum atomic E-state index is 15.4. The molecule has 3 aliphatic rings. The molecule has 0 saturated carbocycles. The first-order valence-corrected chi connectivity index (χ1v) is 23.1. The van der Waals surface area contributed by atoms with Crippen molar-refractivity contribution in [2.75, 3.05) is 38.1 Å². The van der Waals surface area contributed by atoms with E-state index in [-0.39, 0.29) is 55.5 Å². The van der Waals surface area contributed by atoms with E-state index in [1.807, 2.05) is 72.6 Å². The molecule has 2 N–H and O–H groups in total. The van der Waals surface area contributed by atoms with Crippen molar-refractivity contribution in [2.45, 2.75) is 71.5 Å². The SMILES string of the molecule is Cc1c(-c2c(C(=O)Nc3ccc(O)cc3)c(C)n(C)c2-c2cc3c(cc2C(=O)N2Cc4ccccc4C[C@H]2C)CN(C(=O)Cc2ccc(OCCN4CCC(F)(F)C4)cc2)CC3)cc(C#N)n1C. The Balaban J connectivity index is 1.07. The van der Waals surface area contributed by atoms with Gasteiger partial charge in [-0.25, -0.2) is 8.78 Å². The maximum absolute atomic E-state index is 15.4. The molecule has 5 heterocycles. The fraction of sp³-hybridized carbons (Fsp3) is 0.333. The Morgan fingerprint density at radius 1 is 0.868 bits per heavy atom. The van der Waals surface area contributed by atoms with E-state index in [4.69, 9.17) is 4.74 Å². The number of hydrogen-bond acceptors (Lipinski definition) is 7. The number of amides is 3. The second kappa shape index (κ2) is 18.4. The molecule has 0 aliphatic carbocycles. The van der Waals surface area contributed by atoms with Crippen LogP contribution in [0.2, 0.25) is 0 Å². The minimum absolute atomic E-state index is 0.0602. The van der Waals surface area contributed by atoms with Gasteiger partial charge in [-0.3, -0.25) is 19.3 Å². The summed E-state index contributed by atoms with van der Waals surface area (Å²) < 4.78 is 36.8. The number of nitriles is 1. The third-order valence-electron chi connectivity index (χ3n) is 14.1. The molecule has 9 rings (SSSR count). The standard InChI is InChI=1S/C54H55F2N7O5/c1-33-24-37-8-6-7-9-39(37)31-63(33)53(67)47-27-40-30-62(48(65)25-36-10-16-44(17-11-36)68-23-22-61-21-19-54(55,56)32-61)20-18-38(40)26-46(47)51-50(45-28-42(29-57)59(4)34(45)2)49(35(3)60(51)5)52(66)58-41-12-14-43(64)15-13-41/h6-17,26-28,33,64H,18-25,30-32H2,1-5H3,(H,58,66)/t33-/m1/s1. The Morgan fingerprint density at radius 3 is 2.29 bits per heavy atom. The van der Waals surface area contributed by atoms with Crippen molar-refractivity contribution in [3.05, 3.63) is 147 Å². The molecule has 3 amide bonds. The molecule has 0 bridgehead atoms. The van der Waals surface area contributed by atoms with Crippen LogP contribution in [-0.4, -0.2) is 91.4 Å². The van der Waals surface area contributed by atoms with Gasteiger partial charge in [0, 0.05) is 98.6 Å². The van der Waals surface area contributed by atoms with Gasteiger partial charge in [0.1, 0.15) is 29.9 Å². The first-order valence-electron chi connectivity index (χ1n) is 23.1. The zero-order valence-corrected chi connectivity index (χ0v) is 39.0. The summed E-state index contributed by atoms with van der Waals surface area (Å²) >= 11 is 0. The normalized spacial score (nSPS) is 16.5. The number of carbonyl (C=O) groups excluding carboxylic acids is 3. The molecule has 1 fully saturated rings. The summed E-state index contributed by atoms with van der Waals surface area (Å²) in [6.07, 6.45) is 1.25. The Bertz CT molecular complexity index is 2990. The van der Waals surface area contributed by atoms with Gasteiger partial charge < -0.3 is 34.1 Å². The number of aromatic hydroxyl groups is 1. The van der Waals surface area contributed by atoms with Gasteiger partial charge in [0.15, 0.2) is 0 Å². The maximum Gasteiger partial charge on any atom is 0.261 e. The first kappa shape index (κ1) is 45.9. The Hall–Kier alpha value is -7.24. The van der Waals surface area contributed by atoms with E-state index >= 15 is 4.79 Å². The number of phenolic OH excluding ortho intramolecular Hbond substituents is 1. The van der Waals surface area contributed by atoms with Gasteiger partial charge in [0.25, 0.3) is 17.7 Å². The lowest BCUT2D eigenvalue weighted by molar-refractivity contribution is -0.131. The molecule has 1 atom stereocenters. The van der Waals surface area contributed by atoms with Crippen LogP contribution in [-0.2, 0) is 51.2 Å². The summed E-state index contributed by atoms with van der Waals surface area (Å²) in [6.45, 7) is 7.81. The highest BCUT2D eigenvalue weighted by atomic mass is 19.3. The third-order valence-corrected chi connectivity index (χ3v) is 14.1. The number of carbonyl (C=O) groups is 3. The first-order chi connectivity index (χ1) is 32.6. The number of aromatic nitrogens is 2. The second-order valence-electron chi connectivity index (χ2n) is 18.5. The minimum Gasteiger partial charge on any atom is -0.508 e. The lowest BCUT2D eigenvalue weighted by Crippen LogP contribution is -2.43. The summed E-state index contributed by atoms with van der Waals surface area (Å²) in [6, 6.07) is 29.7. The van der Waals surface area contributed by atoms with Crippen LogP contribution in [0.4, 0.5) is 14.5 Å². The van der Waals surface area contributed by atoms with Crippen molar-refractivity contribution in [2.24, 2.45) is 14.1 Å². The Kier molecular flexibility index (Phi) is 12.5. The van der Waals surface area contributed by atoms with Gasteiger partial charge in [-0.1, -0.05) is 36.4 Å². The van der Waals surface area contributed by atoms with E-state index in [0.717, 1.165) is 27.9 Å².